The molecule has 0 aliphatic carbocycles. The zero-order chi connectivity index (χ0) is 12.6. The van der Waals surface area contributed by atoms with Crippen molar-refractivity contribution in [2.24, 2.45) is 0 Å². The van der Waals surface area contributed by atoms with Gasteiger partial charge in [-0.25, -0.2) is 0 Å². The van der Waals surface area contributed by atoms with Crippen LogP contribution in [0.4, 0.5) is 0 Å². The van der Waals surface area contributed by atoms with Gasteiger partial charge in [0.1, 0.15) is 0 Å². The Labute approximate surface area is 110 Å². The second-order valence-electron chi connectivity index (χ2n) is 5.21. The van der Waals surface area contributed by atoms with Gasteiger partial charge in [0.05, 0.1) is 6.04 Å². The molecule has 0 bridgehead atoms. The maximum absolute atomic E-state index is 5.32. The van der Waals surface area contributed by atoms with Crippen LogP contribution in [-0.4, -0.2) is 16.7 Å². The second-order valence-corrected chi connectivity index (χ2v) is 5.21. The van der Waals surface area contributed by atoms with E-state index in [1.54, 1.807) is 0 Å². The van der Waals surface area contributed by atoms with E-state index in [9.17, 15) is 0 Å². The van der Waals surface area contributed by atoms with Crippen molar-refractivity contribution in [1.29, 1.82) is 0 Å². The summed E-state index contributed by atoms with van der Waals surface area (Å²) in [5, 5.41) is 7.55. The lowest BCUT2D eigenvalue weighted by molar-refractivity contribution is 0.346. The van der Waals surface area contributed by atoms with Gasteiger partial charge in [0, 0.05) is 6.42 Å². The molecule has 1 unspecified atom stereocenters. The molecule has 0 spiro atoms. The van der Waals surface area contributed by atoms with Crippen LogP contribution < -0.4 is 5.32 Å². The van der Waals surface area contributed by atoms with Gasteiger partial charge in [0.15, 0.2) is 5.82 Å². The van der Waals surface area contributed by atoms with E-state index in [4.69, 9.17) is 4.52 Å². The van der Waals surface area contributed by atoms with Crippen LogP contribution in [0.5, 0.6) is 0 Å². The summed E-state index contributed by atoms with van der Waals surface area (Å²) >= 11 is 0. The van der Waals surface area contributed by atoms with Crippen molar-refractivity contribution in [2.45, 2.75) is 70.8 Å². The summed E-state index contributed by atoms with van der Waals surface area (Å²) in [5.41, 5.74) is 0. The largest absolute Gasteiger partial charge is 0.339 e. The van der Waals surface area contributed by atoms with Crippen LogP contribution in [0.25, 0.3) is 0 Å². The number of aryl methyl sites for hydroxylation is 1. The van der Waals surface area contributed by atoms with E-state index in [0.29, 0.717) is 6.04 Å². The van der Waals surface area contributed by atoms with Crippen molar-refractivity contribution in [3.63, 3.8) is 0 Å². The second kappa shape index (κ2) is 7.52. The number of hydrogen-bond acceptors (Lipinski definition) is 4. The number of hydrogen-bond donors (Lipinski definition) is 1. The lowest BCUT2D eigenvalue weighted by Crippen LogP contribution is -2.27. The zero-order valence-electron chi connectivity index (χ0n) is 11.5. The first-order valence-electron chi connectivity index (χ1n) is 7.46. The lowest BCUT2D eigenvalue weighted by Gasteiger charge is -2.19. The minimum Gasteiger partial charge on any atom is -0.339 e. The number of nitrogens with zero attached hydrogens (tertiary/aromatic N) is 2. The van der Waals surface area contributed by atoms with Crippen LogP contribution >= 0.6 is 0 Å². The highest BCUT2D eigenvalue weighted by Gasteiger charge is 2.19. The Morgan fingerprint density at radius 1 is 1.22 bits per heavy atom. The normalized spacial score (nSPS) is 20.2. The first kappa shape index (κ1) is 13.5. The molecule has 1 aromatic heterocycles. The standard InChI is InChI=1S/C14H25N3O/c1-2-3-4-5-6-10-13-16-14(17-18-13)12-9-7-8-11-15-12/h12,15H,2-11H2,1H3. The summed E-state index contributed by atoms with van der Waals surface area (Å²) in [4.78, 5) is 4.51. The molecule has 1 aliphatic heterocycles. The van der Waals surface area contributed by atoms with Crippen LogP contribution in [0, 0.1) is 0 Å². The summed E-state index contributed by atoms with van der Waals surface area (Å²) in [5.74, 6) is 1.67. The summed E-state index contributed by atoms with van der Waals surface area (Å²) in [6.45, 7) is 3.31. The highest BCUT2D eigenvalue weighted by molar-refractivity contribution is 4.95. The fourth-order valence-electron chi connectivity index (χ4n) is 2.46. The smallest absolute Gasteiger partial charge is 0.226 e. The SMILES string of the molecule is CCCCCCCc1nc(C2CCCCN2)no1. The molecule has 1 fully saturated rings. The molecule has 1 aliphatic rings. The van der Waals surface area contributed by atoms with Crippen LogP contribution in [0.1, 0.15) is 76.0 Å². The summed E-state index contributed by atoms with van der Waals surface area (Å²) < 4.78 is 5.32. The highest BCUT2D eigenvalue weighted by atomic mass is 16.5. The van der Waals surface area contributed by atoms with Gasteiger partial charge >= 0.3 is 0 Å². The number of piperidine rings is 1. The molecule has 2 heterocycles. The van der Waals surface area contributed by atoms with Crippen LogP contribution in [0.15, 0.2) is 4.52 Å². The number of unbranched alkanes of at least 4 members (excludes halogenated alkanes) is 4. The summed E-state index contributed by atoms with van der Waals surface area (Å²) in [6.07, 6.45) is 11.0. The zero-order valence-corrected chi connectivity index (χ0v) is 11.5. The van der Waals surface area contributed by atoms with E-state index in [0.717, 1.165) is 31.1 Å². The first-order chi connectivity index (χ1) is 8.90. The van der Waals surface area contributed by atoms with E-state index in [1.165, 1.54) is 44.9 Å². The highest BCUT2D eigenvalue weighted by Crippen LogP contribution is 2.20. The Hall–Kier alpha value is -0.900. The predicted molar refractivity (Wildman–Crippen MR) is 71.4 cm³/mol. The number of aromatic nitrogens is 2. The summed E-state index contributed by atoms with van der Waals surface area (Å²) in [6, 6.07) is 0.316. The minimum atomic E-state index is 0.316. The predicted octanol–water partition coefficient (Wildman–Crippen LogP) is 3.40. The molecule has 102 valence electrons. The van der Waals surface area contributed by atoms with Crippen molar-refractivity contribution in [2.75, 3.05) is 6.54 Å². The molecule has 2 rings (SSSR count). The van der Waals surface area contributed by atoms with Gasteiger partial charge in [-0.2, -0.15) is 4.98 Å². The van der Waals surface area contributed by atoms with Crippen molar-refractivity contribution < 1.29 is 4.52 Å². The minimum absolute atomic E-state index is 0.316. The lowest BCUT2D eigenvalue weighted by atomic mass is 10.0. The molecule has 1 N–H and O–H groups in total. The third-order valence-electron chi connectivity index (χ3n) is 3.60. The Kier molecular flexibility index (Phi) is 5.65. The van der Waals surface area contributed by atoms with Crippen LogP contribution in [-0.2, 0) is 6.42 Å². The topological polar surface area (TPSA) is 51.0 Å². The molecule has 0 saturated carbocycles. The van der Waals surface area contributed by atoms with Crippen LogP contribution in [0.2, 0.25) is 0 Å². The molecule has 0 radical (unpaired) electrons. The first-order valence-corrected chi connectivity index (χ1v) is 7.46. The molecule has 4 heteroatoms. The van der Waals surface area contributed by atoms with E-state index < -0.39 is 0 Å². The fourth-order valence-corrected chi connectivity index (χ4v) is 2.46. The van der Waals surface area contributed by atoms with Crippen molar-refractivity contribution in [3.05, 3.63) is 11.7 Å². The number of rotatable bonds is 7. The monoisotopic (exact) mass is 251 g/mol. The van der Waals surface area contributed by atoms with E-state index in [2.05, 4.69) is 22.4 Å². The fraction of sp³-hybridized carbons (Fsp3) is 0.857. The molecule has 18 heavy (non-hydrogen) atoms. The number of nitrogens with one attached hydrogen (secondary N) is 1. The molecule has 1 saturated heterocycles. The Balaban J connectivity index is 1.72. The Morgan fingerprint density at radius 3 is 2.89 bits per heavy atom. The van der Waals surface area contributed by atoms with Gasteiger partial charge in [-0.15, -0.1) is 0 Å². The summed E-state index contributed by atoms with van der Waals surface area (Å²) in [7, 11) is 0. The maximum atomic E-state index is 5.32. The average Bonchev–Trinajstić information content (AvgIpc) is 2.88. The van der Waals surface area contributed by atoms with E-state index in [1.807, 2.05) is 0 Å². The van der Waals surface area contributed by atoms with Gasteiger partial charge in [-0.3, -0.25) is 0 Å². The third-order valence-corrected chi connectivity index (χ3v) is 3.60. The van der Waals surface area contributed by atoms with Gasteiger partial charge in [-0.1, -0.05) is 44.2 Å². The van der Waals surface area contributed by atoms with Gasteiger partial charge in [0.25, 0.3) is 0 Å². The molecular formula is C14H25N3O. The third kappa shape index (κ3) is 4.09. The van der Waals surface area contributed by atoms with Crippen molar-refractivity contribution in [3.8, 4) is 0 Å². The maximum Gasteiger partial charge on any atom is 0.226 e. The molecule has 0 aromatic carbocycles. The van der Waals surface area contributed by atoms with Crippen molar-refractivity contribution >= 4 is 0 Å². The molecule has 1 atom stereocenters. The van der Waals surface area contributed by atoms with E-state index >= 15 is 0 Å². The van der Waals surface area contributed by atoms with Gasteiger partial charge in [-0.05, 0) is 25.8 Å². The quantitative estimate of drug-likeness (QED) is 0.755. The molecule has 4 nitrogen and oxygen atoms in total. The molecule has 1 aromatic rings. The Bertz CT molecular complexity index is 332. The van der Waals surface area contributed by atoms with Gasteiger partial charge < -0.3 is 9.84 Å². The van der Waals surface area contributed by atoms with E-state index in [-0.39, 0.29) is 0 Å². The Morgan fingerprint density at radius 2 is 2.11 bits per heavy atom. The molecule has 0 amide bonds. The molecular weight excluding hydrogens is 226 g/mol. The van der Waals surface area contributed by atoms with Crippen molar-refractivity contribution in [1.82, 2.24) is 15.5 Å². The average molecular weight is 251 g/mol. The van der Waals surface area contributed by atoms with Crippen LogP contribution in [0.3, 0.4) is 0 Å². The van der Waals surface area contributed by atoms with Gasteiger partial charge in [0.2, 0.25) is 5.89 Å².